The number of unbranched alkanes of at least 4 members (excludes halogenated alkanes) is 2. The predicted molar refractivity (Wildman–Crippen MR) is 98.4 cm³/mol. The summed E-state index contributed by atoms with van der Waals surface area (Å²) in [7, 11) is 0. The summed E-state index contributed by atoms with van der Waals surface area (Å²) in [5.74, 6) is 0. The second-order valence-electron chi connectivity index (χ2n) is 6.02. The van der Waals surface area contributed by atoms with E-state index < -0.39 is 0 Å². The quantitative estimate of drug-likeness (QED) is 0.510. The van der Waals surface area contributed by atoms with Gasteiger partial charge in [0, 0.05) is 24.6 Å². The third-order valence-electron chi connectivity index (χ3n) is 3.91. The zero-order valence-electron chi connectivity index (χ0n) is 13.8. The van der Waals surface area contributed by atoms with Gasteiger partial charge in [0.15, 0.2) is 0 Å². The molecule has 2 aromatic carbocycles. The van der Waals surface area contributed by atoms with E-state index in [4.69, 9.17) is 16.2 Å². The molecule has 0 saturated heterocycles. The van der Waals surface area contributed by atoms with Crippen LogP contribution in [0.15, 0.2) is 48.5 Å². The van der Waals surface area contributed by atoms with E-state index in [0.29, 0.717) is 0 Å². The van der Waals surface area contributed by atoms with Crippen LogP contribution in [0.3, 0.4) is 0 Å². The fourth-order valence-corrected chi connectivity index (χ4v) is 2.67. The summed E-state index contributed by atoms with van der Waals surface area (Å²) in [5.41, 5.74) is 15.9. The molecular formula is C20H28N2O. The summed E-state index contributed by atoms with van der Waals surface area (Å²) in [6.45, 7) is 1.70. The SMILES string of the molecule is Nc1cccc(CCCCOCCCCc2cccc(N)c2)c1. The van der Waals surface area contributed by atoms with Gasteiger partial charge in [0.25, 0.3) is 0 Å². The highest BCUT2D eigenvalue weighted by molar-refractivity contribution is 5.41. The molecule has 0 aliphatic heterocycles. The molecule has 3 nitrogen and oxygen atoms in total. The normalized spacial score (nSPS) is 10.8. The molecule has 0 fully saturated rings. The van der Waals surface area contributed by atoms with Gasteiger partial charge in [-0.3, -0.25) is 0 Å². The minimum absolute atomic E-state index is 0.846. The van der Waals surface area contributed by atoms with Gasteiger partial charge >= 0.3 is 0 Å². The lowest BCUT2D eigenvalue weighted by atomic mass is 10.1. The highest BCUT2D eigenvalue weighted by atomic mass is 16.5. The molecule has 124 valence electrons. The van der Waals surface area contributed by atoms with Crippen LogP contribution in [0.1, 0.15) is 36.8 Å². The topological polar surface area (TPSA) is 61.3 Å². The highest BCUT2D eigenvalue weighted by Gasteiger charge is 1.97. The number of anilines is 2. The molecule has 0 spiro atoms. The van der Waals surface area contributed by atoms with Crippen molar-refractivity contribution in [2.24, 2.45) is 0 Å². The molecule has 23 heavy (non-hydrogen) atoms. The van der Waals surface area contributed by atoms with Gasteiger partial charge in [0.1, 0.15) is 0 Å². The number of ether oxygens (including phenoxy) is 1. The third kappa shape index (κ3) is 7.20. The summed E-state index contributed by atoms with van der Waals surface area (Å²) in [6, 6.07) is 16.3. The van der Waals surface area contributed by atoms with Crippen molar-refractivity contribution < 1.29 is 4.74 Å². The molecule has 0 aliphatic carbocycles. The number of nitrogen functional groups attached to an aromatic ring is 2. The maximum Gasteiger partial charge on any atom is 0.0466 e. The summed E-state index contributed by atoms with van der Waals surface area (Å²) >= 11 is 0. The van der Waals surface area contributed by atoms with Gasteiger partial charge in [0.2, 0.25) is 0 Å². The number of aryl methyl sites for hydroxylation is 2. The van der Waals surface area contributed by atoms with E-state index in [1.54, 1.807) is 0 Å². The maximum absolute atomic E-state index is 5.78. The standard InChI is InChI=1S/C20H28N2O/c21-19-11-5-9-17(15-19)7-1-3-13-23-14-4-2-8-18-10-6-12-20(22)16-18/h5-6,9-12,15-16H,1-4,7-8,13-14,21-22H2. The van der Waals surface area contributed by atoms with Crippen molar-refractivity contribution in [3.8, 4) is 0 Å². The molecule has 0 bridgehead atoms. The Morgan fingerprint density at radius 2 is 1.13 bits per heavy atom. The largest absolute Gasteiger partial charge is 0.399 e. The average molecular weight is 312 g/mol. The van der Waals surface area contributed by atoms with E-state index in [9.17, 15) is 0 Å². The minimum Gasteiger partial charge on any atom is -0.399 e. The molecule has 3 heteroatoms. The molecule has 0 aliphatic rings. The molecule has 2 aromatic rings. The summed E-state index contributed by atoms with van der Waals surface area (Å²) in [4.78, 5) is 0. The van der Waals surface area contributed by atoms with Crippen molar-refractivity contribution in [2.75, 3.05) is 24.7 Å². The van der Waals surface area contributed by atoms with Crippen molar-refractivity contribution >= 4 is 11.4 Å². The van der Waals surface area contributed by atoms with E-state index >= 15 is 0 Å². The number of hydrogen-bond acceptors (Lipinski definition) is 3. The molecule has 2 rings (SSSR count). The first kappa shape index (κ1) is 17.4. The number of hydrogen-bond donors (Lipinski definition) is 2. The van der Waals surface area contributed by atoms with Crippen molar-refractivity contribution in [1.82, 2.24) is 0 Å². The second kappa shape index (κ2) is 9.90. The Kier molecular flexibility index (Phi) is 7.47. The third-order valence-corrected chi connectivity index (χ3v) is 3.91. The zero-order chi connectivity index (χ0) is 16.3. The molecule has 0 heterocycles. The van der Waals surface area contributed by atoms with Gasteiger partial charge in [-0.1, -0.05) is 24.3 Å². The van der Waals surface area contributed by atoms with Crippen molar-refractivity contribution in [3.05, 3.63) is 59.7 Å². The summed E-state index contributed by atoms with van der Waals surface area (Å²) in [6.07, 6.45) is 6.64. The van der Waals surface area contributed by atoms with Crippen LogP contribution >= 0.6 is 0 Å². The van der Waals surface area contributed by atoms with Crippen LogP contribution in [-0.4, -0.2) is 13.2 Å². The van der Waals surface area contributed by atoms with E-state index in [1.165, 1.54) is 11.1 Å². The van der Waals surface area contributed by atoms with Gasteiger partial charge in [0.05, 0.1) is 0 Å². The van der Waals surface area contributed by atoms with Gasteiger partial charge < -0.3 is 16.2 Å². The van der Waals surface area contributed by atoms with E-state index in [2.05, 4.69) is 24.3 Å². The van der Waals surface area contributed by atoms with Gasteiger partial charge in [-0.2, -0.15) is 0 Å². The van der Waals surface area contributed by atoms with E-state index in [1.807, 2.05) is 24.3 Å². The Morgan fingerprint density at radius 3 is 1.57 bits per heavy atom. The highest BCUT2D eigenvalue weighted by Crippen LogP contribution is 2.11. The van der Waals surface area contributed by atoms with E-state index in [-0.39, 0.29) is 0 Å². The van der Waals surface area contributed by atoms with Crippen LogP contribution in [0, 0.1) is 0 Å². The lowest BCUT2D eigenvalue weighted by Gasteiger charge is -2.06. The lowest BCUT2D eigenvalue weighted by Crippen LogP contribution is -1.99. The molecule has 4 N–H and O–H groups in total. The van der Waals surface area contributed by atoms with Gasteiger partial charge in [-0.05, 0) is 73.9 Å². The number of benzene rings is 2. The zero-order valence-corrected chi connectivity index (χ0v) is 13.8. The molecule has 0 unspecified atom stereocenters. The Hall–Kier alpha value is -2.00. The van der Waals surface area contributed by atoms with E-state index in [0.717, 1.165) is 63.1 Å². The Morgan fingerprint density at radius 1 is 0.652 bits per heavy atom. The lowest BCUT2D eigenvalue weighted by molar-refractivity contribution is 0.127. The van der Waals surface area contributed by atoms with Crippen LogP contribution in [0.25, 0.3) is 0 Å². The first-order valence-electron chi connectivity index (χ1n) is 8.50. The Labute approximate surface area is 139 Å². The molecular weight excluding hydrogens is 284 g/mol. The Bertz CT molecular complexity index is 532. The first-order chi connectivity index (χ1) is 11.2. The first-order valence-corrected chi connectivity index (χ1v) is 8.50. The van der Waals surface area contributed by atoms with Crippen LogP contribution in [0.5, 0.6) is 0 Å². The monoisotopic (exact) mass is 312 g/mol. The van der Waals surface area contributed by atoms with Crippen LogP contribution < -0.4 is 11.5 Å². The molecule has 0 aromatic heterocycles. The van der Waals surface area contributed by atoms with Crippen molar-refractivity contribution in [2.45, 2.75) is 38.5 Å². The van der Waals surface area contributed by atoms with Crippen LogP contribution in [0.4, 0.5) is 11.4 Å². The Balaban J connectivity index is 1.45. The average Bonchev–Trinajstić information content (AvgIpc) is 2.53. The predicted octanol–water partition coefficient (Wildman–Crippen LogP) is 4.21. The fraction of sp³-hybridized carbons (Fsp3) is 0.400. The summed E-state index contributed by atoms with van der Waals surface area (Å²) in [5, 5.41) is 0. The summed E-state index contributed by atoms with van der Waals surface area (Å²) < 4.78 is 5.71. The molecule has 0 saturated carbocycles. The molecule has 0 amide bonds. The minimum atomic E-state index is 0.846. The maximum atomic E-state index is 5.78. The molecule has 0 radical (unpaired) electrons. The second-order valence-corrected chi connectivity index (χ2v) is 6.02. The van der Waals surface area contributed by atoms with Crippen LogP contribution in [-0.2, 0) is 17.6 Å². The molecule has 0 atom stereocenters. The van der Waals surface area contributed by atoms with Crippen molar-refractivity contribution in [3.63, 3.8) is 0 Å². The van der Waals surface area contributed by atoms with Gasteiger partial charge in [-0.25, -0.2) is 0 Å². The van der Waals surface area contributed by atoms with Gasteiger partial charge in [-0.15, -0.1) is 0 Å². The fourth-order valence-electron chi connectivity index (χ4n) is 2.67. The smallest absolute Gasteiger partial charge is 0.0466 e. The number of rotatable bonds is 10. The van der Waals surface area contributed by atoms with Crippen LogP contribution in [0.2, 0.25) is 0 Å². The van der Waals surface area contributed by atoms with Crippen molar-refractivity contribution in [1.29, 1.82) is 0 Å². The number of nitrogens with two attached hydrogens (primary N) is 2.